The maximum atomic E-state index is 11.8. The van der Waals surface area contributed by atoms with Crippen molar-refractivity contribution in [1.82, 2.24) is 4.90 Å². The third-order valence-corrected chi connectivity index (χ3v) is 4.06. The summed E-state index contributed by atoms with van der Waals surface area (Å²) >= 11 is 1.52. The van der Waals surface area contributed by atoms with Gasteiger partial charge in [0.2, 0.25) is 0 Å². The number of carbonyl (C=O) groups excluding carboxylic acids is 1. The molecule has 0 fully saturated rings. The molecule has 2 heterocycles. The van der Waals surface area contributed by atoms with Crippen LogP contribution in [-0.4, -0.2) is 24.3 Å². The van der Waals surface area contributed by atoms with Gasteiger partial charge >= 0.3 is 0 Å². The van der Waals surface area contributed by atoms with Crippen molar-refractivity contribution in [3.05, 3.63) is 46.0 Å². The number of hydrogen-bond acceptors (Lipinski definition) is 4. The molecule has 0 aliphatic heterocycles. The minimum atomic E-state index is 0.253. The molecule has 0 aromatic carbocycles. The third kappa shape index (κ3) is 4.04. The number of Topliss-reactive ketones (excluding diaryl/α,β-unsaturated/α-hetero) is 1. The molecule has 0 aliphatic rings. The summed E-state index contributed by atoms with van der Waals surface area (Å²) in [5.41, 5.74) is 1.21. The number of nitrogens with zero attached hydrogens (tertiary/aromatic N) is 1. The second kappa shape index (κ2) is 6.68. The predicted octanol–water partition coefficient (Wildman–Crippen LogP) is 3.74. The number of aryl methyl sites for hydroxylation is 1. The van der Waals surface area contributed by atoms with Gasteiger partial charge in [0.1, 0.15) is 5.76 Å². The van der Waals surface area contributed by atoms with Crippen LogP contribution in [0.4, 0.5) is 0 Å². The number of thiophene rings is 1. The van der Waals surface area contributed by atoms with E-state index in [4.69, 9.17) is 4.42 Å². The fraction of sp³-hybridized carbons (Fsp3) is 0.400. The molecule has 0 saturated heterocycles. The molecule has 4 heteroatoms. The molecule has 0 aliphatic carbocycles. The van der Waals surface area contributed by atoms with Crippen LogP contribution in [0.5, 0.6) is 0 Å². The number of ketones is 1. The maximum absolute atomic E-state index is 11.8. The Morgan fingerprint density at radius 1 is 1.42 bits per heavy atom. The lowest BCUT2D eigenvalue weighted by Crippen LogP contribution is -2.19. The van der Waals surface area contributed by atoms with E-state index in [9.17, 15) is 4.79 Å². The van der Waals surface area contributed by atoms with Crippen LogP contribution in [-0.2, 0) is 6.54 Å². The largest absolute Gasteiger partial charge is 0.469 e. The predicted molar refractivity (Wildman–Crippen MR) is 77.7 cm³/mol. The van der Waals surface area contributed by atoms with Gasteiger partial charge in [-0.1, -0.05) is 6.07 Å². The molecule has 3 nitrogen and oxygen atoms in total. The molecule has 0 amide bonds. The fourth-order valence-electron chi connectivity index (χ4n) is 2.02. The molecule has 2 rings (SSSR count). The van der Waals surface area contributed by atoms with Crippen LogP contribution in [0.25, 0.3) is 0 Å². The summed E-state index contributed by atoms with van der Waals surface area (Å²) in [5, 5.41) is 1.95. The second-order valence-corrected chi connectivity index (χ2v) is 5.69. The van der Waals surface area contributed by atoms with Crippen LogP contribution in [0.3, 0.4) is 0 Å². The Labute approximate surface area is 117 Å². The summed E-state index contributed by atoms with van der Waals surface area (Å²) in [6.45, 7) is 3.76. The van der Waals surface area contributed by atoms with Gasteiger partial charge in [-0.15, -0.1) is 11.3 Å². The zero-order valence-corrected chi connectivity index (χ0v) is 12.2. The van der Waals surface area contributed by atoms with Gasteiger partial charge in [0, 0.05) is 18.5 Å². The first kappa shape index (κ1) is 14.0. The second-order valence-electron chi connectivity index (χ2n) is 4.74. The van der Waals surface area contributed by atoms with Crippen LogP contribution >= 0.6 is 11.3 Å². The van der Waals surface area contributed by atoms with Gasteiger partial charge < -0.3 is 9.32 Å². The van der Waals surface area contributed by atoms with E-state index in [0.717, 1.165) is 30.1 Å². The molecule has 2 aromatic rings. The Kier molecular flexibility index (Phi) is 4.93. The highest BCUT2D eigenvalue weighted by atomic mass is 32.1. The van der Waals surface area contributed by atoms with E-state index >= 15 is 0 Å². The first-order chi connectivity index (χ1) is 9.16. The molecule has 0 bridgehead atoms. The maximum Gasteiger partial charge on any atom is 0.172 e. The van der Waals surface area contributed by atoms with Crippen molar-refractivity contribution in [3.63, 3.8) is 0 Å². The molecular weight excluding hydrogens is 258 g/mol. The summed E-state index contributed by atoms with van der Waals surface area (Å²) in [7, 11) is 2.07. The molecule has 0 atom stereocenters. The first-order valence-electron chi connectivity index (χ1n) is 6.45. The highest BCUT2D eigenvalue weighted by Crippen LogP contribution is 2.14. The fourth-order valence-corrected chi connectivity index (χ4v) is 2.71. The van der Waals surface area contributed by atoms with Crippen LogP contribution in [0.1, 0.15) is 33.8 Å². The van der Waals surface area contributed by atoms with Crippen molar-refractivity contribution in [2.45, 2.75) is 26.3 Å². The smallest absolute Gasteiger partial charge is 0.172 e. The van der Waals surface area contributed by atoms with E-state index in [0.29, 0.717) is 6.42 Å². The van der Waals surface area contributed by atoms with Gasteiger partial charge in [0.25, 0.3) is 0 Å². The third-order valence-electron chi connectivity index (χ3n) is 3.15. The van der Waals surface area contributed by atoms with Crippen LogP contribution in [0, 0.1) is 6.92 Å². The van der Waals surface area contributed by atoms with Gasteiger partial charge in [-0.2, -0.15) is 0 Å². The van der Waals surface area contributed by atoms with E-state index in [1.54, 1.807) is 6.26 Å². The summed E-state index contributed by atoms with van der Waals surface area (Å²) in [5.74, 6) is 1.23. The van der Waals surface area contributed by atoms with Gasteiger partial charge in [0.05, 0.1) is 11.1 Å². The monoisotopic (exact) mass is 277 g/mol. The van der Waals surface area contributed by atoms with Crippen molar-refractivity contribution >= 4 is 17.1 Å². The minimum absolute atomic E-state index is 0.253. The molecule has 0 radical (unpaired) electrons. The Balaban J connectivity index is 1.71. The quantitative estimate of drug-likeness (QED) is 0.723. The lowest BCUT2D eigenvalue weighted by atomic mass is 10.2. The molecule has 19 heavy (non-hydrogen) atoms. The summed E-state index contributed by atoms with van der Waals surface area (Å²) in [4.78, 5) is 14.9. The van der Waals surface area contributed by atoms with Gasteiger partial charge in [0.15, 0.2) is 5.78 Å². The highest BCUT2D eigenvalue weighted by molar-refractivity contribution is 7.12. The molecule has 0 saturated carbocycles. The molecule has 0 N–H and O–H groups in total. The van der Waals surface area contributed by atoms with E-state index in [2.05, 4.69) is 11.9 Å². The van der Waals surface area contributed by atoms with Crippen molar-refractivity contribution < 1.29 is 9.21 Å². The van der Waals surface area contributed by atoms with Gasteiger partial charge in [-0.3, -0.25) is 4.79 Å². The average Bonchev–Trinajstić information content (AvgIpc) is 3.02. The Morgan fingerprint density at radius 3 is 2.89 bits per heavy atom. The van der Waals surface area contributed by atoms with E-state index in [1.807, 2.05) is 30.5 Å². The molecular formula is C15H19NO2S. The summed E-state index contributed by atoms with van der Waals surface area (Å²) in [6, 6.07) is 5.82. The molecule has 2 aromatic heterocycles. The Morgan fingerprint density at radius 2 is 2.26 bits per heavy atom. The van der Waals surface area contributed by atoms with Crippen molar-refractivity contribution in [2.24, 2.45) is 0 Å². The van der Waals surface area contributed by atoms with Crippen LogP contribution < -0.4 is 0 Å². The summed E-state index contributed by atoms with van der Waals surface area (Å²) < 4.78 is 5.28. The van der Waals surface area contributed by atoms with Crippen molar-refractivity contribution in [3.8, 4) is 0 Å². The van der Waals surface area contributed by atoms with E-state index in [1.165, 1.54) is 16.9 Å². The van der Waals surface area contributed by atoms with Gasteiger partial charge in [-0.05, 0) is 44.4 Å². The normalized spacial score (nSPS) is 11.1. The minimum Gasteiger partial charge on any atom is -0.469 e. The number of rotatable bonds is 7. The average molecular weight is 277 g/mol. The van der Waals surface area contributed by atoms with Crippen molar-refractivity contribution in [1.29, 1.82) is 0 Å². The molecule has 0 unspecified atom stereocenters. The lowest BCUT2D eigenvalue weighted by Gasteiger charge is -2.15. The number of furan rings is 1. The van der Waals surface area contributed by atoms with Crippen molar-refractivity contribution in [2.75, 3.05) is 13.6 Å². The van der Waals surface area contributed by atoms with Crippen LogP contribution in [0.2, 0.25) is 0 Å². The van der Waals surface area contributed by atoms with Gasteiger partial charge in [-0.25, -0.2) is 0 Å². The number of hydrogen-bond donors (Lipinski definition) is 0. The van der Waals surface area contributed by atoms with Crippen LogP contribution in [0.15, 0.2) is 34.3 Å². The zero-order valence-electron chi connectivity index (χ0n) is 11.4. The topological polar surface area (TPSA) is 33.5 Å². The highest BCUT2D eigenvalue weighted by Gasteiger charge is 2.08. The summed E-state index contributed by atoms with van der Waals surface area (Å²) in [6.07, 6.45) is 3.23. The SMILES string of the molecule is Cc1occc1CN(C)CCCC(=O)c1cccs1. The number of carbonyl (C=O) groups is 1. The lowest BCUT2D eigenvalue weighted by molar-refractivity contribution is 0.0980. The molecule has 102 valence electrons. The Bertz CT molecular complexity index is 516. The van der Waals surface area contributed by atoms with E-state index in [-0.39, 0.29) is 5.78 Å². The first-order valence-corrected chi connectivity index (χ1v) is 7.33. The molecule has 0 spiro atoms. The zero-order chi connectivity index (χ0) is 13.7. The Hall–Kier alpha value is -1.39. The standard InChI is InChI=1S/C15H19NO2S/c1-12-13(7-9-18-12)11-16(2)8-3-5-14(17)15-6-4-10-19-15/h4,6-7,9-10H,3,5,8,11H2,1-2H3. The van der Waals surface area contributed by atoms with E-state index < -0.39 is 0 Å².